The summed E-state index contributed by atoms with van der Waals surface area (Å²) in [7, 11) is 0. The second-order valence-corrected chi connectivity index (χ2v) is 12.7. The number of fused-ring (bicyclic) bond motifs is 7. The molecule has 3 nitrogen and oxygen atoms in total. The van der Waals surface area contributed by atoms with E-state index in [1.54, 1.807) is 5.57 Å². The Balaban J connectivity index is 1.28. The number of aliphatic hydroxyl groups excluding tert-OH is 1. The minimum atomic E-state index is -0.294. The summed E-state index contributed by atoms with van der Waals surface area (Å²) >= 11 is 0. The SMILES string of the molecule is C[C@@H]1CC[C@@]2(OC1)O[C@H]1C[C@H]3[C@@H]4CC=C5C[C@@H](O)CC[C@]5(C)[C@@H]4CC[C@]3(C)[C@H]1[C@@H]2C. The van der Waals surface area contributed by atoms with Gasteiger partial charge >= 0.3 is 0 Å². The lowest BCUT2D eigenvalue weighted by Gasteiger charge is -2.58. The average Bonchev–Trinajstić information content (AvgIpc) is 3.16. The van der Waals surface area contributed by atoms with Gasteiger partial charge in [-0.1, -0.05) is 39.3 Å². The molecule has 0 radical (unpaired) electrons. The van der Waals surface area contributed by atoms with Gasteiger partial charge in [0.15, 0.2) is 5.79 Å². The molecule has 0 aromatic carbocycles. The smallest absolute Gasteiger partial charge is 0.171 e. The first-order valence-corrected chi connectivity index (χ1v) is 13.0. The van der Waals surface area contributed by atoms with E-state index < -0.39 is 0 Å². The second kappa shape index (κ2) is 6.58. The van der Waals surface area contributed by atoms with Gasteiger partial charge in [0.1, 0.15) is 0 Å². The van der Waals surface area contributed by atoms with E-state index in [4.69, 9.17) is 9.47 Å². The zero-order valence-corrected chi connectivity index (χ0v) is 19.5. The van der Waals surface area contributed by atoms with Gasteiger partial charge < -0.3 is 14.6 Å². The van der Waals surface area contributed by atoms with Gasteiger partial charge in [-0.25, -0.2) is 0 Å². The number of allylic oxidation sites excluding steroid dienone is 1. The topological polar surface area (TPSA) is 38.7 Å². The van der Waals surface area contributed by atoms with Gasteiger partial charge in [0, 0.05) is 12.3 Å². The van der Waals surface area contributed by atoms with Gasteiger partial charge in [-0.15, -0.1) is 0 Å². The van der Waals surface area contributed by atoms with Crippen molar-refractivity contribution in [2.75, 3.05) is 6.61 Å². The molecule has 0 unspecified atom stereocenters. The Hall–Kier alpha value is -0.380. The first kappa shape index (κ1) is 20.2. The molecule has 11 atom stereocenters. The van der Waals surface area contributed by atoms with E-state index in [1.807, 2.05) is 0 Å². The number of hydrogen-bond donors (Lipinski definition) is 1. The second-order valence-electron chi connectivity index (χ2n) is 12.7. The van der Waals surface area contributed by atoms with Gasteiger partial charge in [-0.05, 0) is 91.8 Å². The Bertz CT molecular complexity index is 736. The van der Waals surface area contributed by atoms with Crippen molar-refractivity contribution in [1.82, 2.24) is 0 Å². The summed E-state index contributed by atoms with van der Waals surface area (Å²) in [5, 5.41) is 10.3. The highest BCUT2D eigenvalue weighted by molar-refractivity contribution is 5.26. The lowest BCUT2D eigenvalue weighted by molar-refractivity contribution is -0.272. The predicted molar refractivity (Wildman–Crippen MR) is 118 cm³/mol. The van der Waals surface area contributed by atoms with E-state index in [0.29, 0.717) is 34.7 Å². The van der Waals surface area contributed by atoms with Crippen LogP contribution in [0.25, 0.3) is 0 Å². The van der Waals surface area contributed by atoms with Crippen LogP contribution in [-0.4, -0.2) is 29.7 Å². The van der Waals surface area contributed by atoms with E-state index in [0.717, 1.165) is 43.6 Å². The molecule has 5 fully saturated rings. The molecule has 168 valence electrons. The number of aliphatic hydroxyl groups is 1. The van der Waals surface area contributed by atoms with Crippen molar-refractivity contribution < 1.29 is 14.6 Å². The molecule has 1 N–H and O–H groups in total. The molecule has 0 bridgehead atoms. The van der Waals surface area contributed by atoms with Crippen molar-refractivity contribution >= 4 is 0 Å². The van der Waals surface area contributed by atoms with Crippen LogP contribution in [0.1, 0.15) is 85.5 Å². The van der Waals surface area contributed by atoms with Crippen LogP contribution < -0.4 is 0 Å². The summed E-state index contributed by atoms with van der Waals surface area (Å²) in [6.07, 6.45) is 13.5. The normalized spacial score (nSPS) is 59.8. The average molecular weight is 415 g/mol. The Kier molecular flexibility index (Phi) is 4.44. The maximum absolute atomic E-state index is 10.3. The Labute approximate surface area is 183 Å². The Morgan fingerprint density at radius 2 is 1.87 bits per heavy atom. The van der Waals surface area contributed by atoms with Crippen LogP contribution in [0.4, 0.5) is 0 Å². The van der Waals surface area contributed by atoms with Crippen LogP contribution in [0.5, 0.6) is 0 Å². The third-order valence-corrected chi connectivity index (χ3v) is 11.3. The summed E-state index contributed by atoms with van der Waals surface area (Å²) in [4.78, 5) is 0. The molecule has 3 saturated carbocycles. The molecule has 1 spiro atoms. The summed E-state index contributed by atoms with van der Waals surface area (Å²) in [5.74, 6) is 3.94. The fourth-order valence-corrected chi connectivity index (χ4v) is 9.66. The lowest BCUT2D eigenvalue weighted by atomic mass is 9.47. The summed E-state index contributed by atoms with van der Waals surface area (Å²) < 4.78 is 13.3. The van der Waals surface area contributed by atoms with Crippen LogP contribution in [-0.2, 0) is 9.47 Å². The number of ether oxygens (including phenoxy) is 2. The van der Waals surface area contributed by atoms with Crippen LogP contribution in [0, 0.1) is 46.3 Å². The van der Waals surface area contributed by atoms with E-state index in [1.165, 1.54) is 38.5 Å². The van der Waals surface area contributed by atoms with Gasteiger partial charge in [-0.3, -0.25) is 0 Å². The summed E-state index contributed by atoms with van der Waals surface area (Å²) in [6.45, 7) is 10.8. The molecule has 4 aliphatic carbocycles. The predicted octanol–water partition coefficient (Wildman–Crippen LogP) is 5.71. The molecule has 0 aromatic rings. The van der Waals surface area contributed by atoms with Gasteiger partial charge in [-0.2, -0.15) is 0 Å². The van der Waals surface area contributed by atoms with Gasteiger partial charge in [0.2, 0.25) is 0 Å². The Morgan fingerprint density at radius 3 is 2.63 bits per heavy atom. The third-order valence-electron chi connectivity index (χ3n) is 11.3. The zero-order chi connectivity index (χ0) is 20.9. The standard InChI is InChI=1S/C27H42O3/c1-16-7-12-27(29-15-16)17(2)24-23(30-27)14-22-20-6-5-18-13-19(28)8-10-25(18,3)21(20)9-11-26(22,24)4/h5,16-17,19-24,28H,6-15H2,1-4H3/t16-,17+,19+,20-,21-,22+,23+,24+,25+,26+,27-/m1/s1. The third kappa shape index (κ3) is 2.55. The first-order valence-electron chi connectivity index (χ1n) is 13.0. The van der Waals surface area contributed by atoms with Gasteiger partial charge in [0.25, 0.3) is 0 Å². The molecule has 0 aromatic heterocycles. The van der Waals surface area contributed by atoms with Crippen LogP contribution >= 0.6 is 0 Å². The molecule has 3 heteroatoms. The highest BCUT2D eigenvalue weighted by Gasteiger charge is 2.68. The molecule has 6 aliphatic rings. The zero-order valence-electron chi connectivity index (χ0n) is 19.5. The maximum Gasteiger partial charge on any atom is 0.171 e. The molecule has 0 amide bonds. The maximum atomic E-state index is 10.3. The summed E-state index contributed by atoms with van der Waals surface area (Å²) in [6, 6.07) is 0. The highest BCUT2D eigenvalue weighted by Crippen LogP contribution is 2.70. The molecular formula is C27H42O3. The molecule has 30 heavy (non-hydrogen) atoms. The fraction of sp³-hybridized carbons (Fsp3) is 0.926. The quantitative estimate of drug-likeness (QED) is 0.516. The van der Waals surface area contributed by atoms with Crippen LogP contribution in [0.15, 0.2) is 11.6 Å². The van der Waals surface area contributed by atoms with Gasteiger partial charge in [0.05, 0.1) is 18.8 Å². The number of hydrogen-bond acceptors (Lipinski definition) is 3. The van der Waals surface area contributed by atoms with E-state index >= 15 is 0 Å². The summed E-state index contributed by atoms with van der Waals surface area (Å²) in [5.41, 5.74) is 2.31. The molecular weight excluding hydrogens is 372 g/mol. The van der Waals surface area contributed by atoms with Crippen molar-refractivity contribution in [2.24, 2.45) is 46.3 Å². The van der Waals surface area contributed by atoms with Crippen LogP contribution in [0.3, 0.4) is 0 Å². The molecule has 2 saturated heterocycles. The van der Waals surface area contributed by atoms with E-state index in [2.05, 4.69) is 33.8 Å². The van der Waals surface area contributed by atoms with Crippen molar-refractivity contribution in [3.63, 3.8) is 0 Å². The monoisotopic (exact) mass is 414 g/mol. The van der Waals surface area contributed by atoms with Crippen LogP contribution in [0.2, 0.25) is 0 Å². The first-order chi connectivity index (χ1) is 14.3. The minimum Gasteiger partial charge on any atom is -0.393 e. The van der Waals surface area contributed by atoms with E-state index in [-0.39, 0.29) is 11.9 Å². The van der Waals surface area contributed by atoms with Crippen molar-refractivity contribution in [1.29, 1.82) is 0 Å². The van der Waals surface area contributed by atoms with Crippen molar-refractivity contribution in [3.8, 4) is 0 Å². The number of rotatable bonds is 0. The largest absolute Gasteiger partial charge is 0.393 e. The van der Waals surface area contributed by atoms with Crippen molar-refractivity contribution in [2.45, 2.75) is 103 Å². The molecule has 2 aliphatic heterocycles. The fourth-order valence-electron chi connectivity index (χ4n) is 9.66. The van der Waals surface area contributed by atoms with E-state index in [9.17, 15) is 5.11 Å². The highest BCUT2D eigenvalue weighted by atomic mass is 16.7. The minimum absolute atomic E-state index is 0.107. The molecule has 6 rings (SSSR count). The molecule has 2 heterocycles. The lowest BCUT2D eigenvalue weighted by Crippen LogP contribution is -2.52. The van der Waals surface area contributed by atoms with Crippen molar-refractivity contribution in [3.05, 3.63) is 11.6 Å². The Morgan fingerprint density at radius 1 is 1.03 bits per heavy atom.